The molecule has 0 fully saturated rings. The Morgan fingerprint density at radius 3 is 2.73 bits per heavy atom. The molecule has 1 atom stereocenters. The molecular formula is C17H18N2O2S. The molecule has 1 aliphatic rings. The lowest BCUT2D eigenvalue weighted by molar-refractivity contribution is -0.119. The van der Waals surface area contributed by atoms with Gasteiger partial charge in [-0.05, 0) is 36.6 Å². The van der Waals surface area contributed by atoms with Gasteiger partial charge >= 0.3 is 0 Å². The van der Waals surface area contributed by atoms with Crippen LogP contribution in [0.2, 0.25) is 0 Å². The van der Waals surface area contributed by atoms with Crippen molar-refractivity contribution in [3.8, 4) is 0 Å². The number of carbonyl (C=O) groups excluding carboxylic acids is 2. The van der Waals surface area contributed by atoms with Crippen LogP contribution in [0, 0.1) is 6.92 Å². The van der Waals surface area contributed by atoms with E-state index in [4.69, 9.17) is 5.73 Å². The van der Waals surface area contributed by atoms with E-state index in [0.717, 1.165) is 23.2 Å². The molecule has 0 aliphatic carbocycles. The zero-order valence-electron chi connectivity index (χ0n) is 12.6. The first kappa shape index (κ1) is 14.8. The van der Waals surface area contributed by atoms with E-state index in [0.29, 0.717) is 11.3 Å². The van der Waals surface area contributed by atoms with Crippen molar-refractivity contribution < 1.29 is 9.59 Å². The Morgan fingerprint density at radius 2 is 2.09 bits per heavy atom. The number of benzene rings is 1. The summed E-state index contributed by atoms with van der Waals surface area (Å²) in [7, 11) is 0. The Bertz CT molecular complexity index is 751. The van der Waals surface area contributed by atoms with Crippen LogP contribution in [0.5, 0.6) is 0 Å². The Labute approximate surface area is 133 Å². The molecule has 0 saturated carbocycles. The molecule has 0 bridgehead atoms. The summed E-state index contributed by atoms with van der Waals surface area (Å²) < 4.78 is 0. The number of nitrogens with two attached hydrogens (primary N) is 1. The van der Waals surface area contributed by atoms with Crippen LogP contribution < -0.4 is 10.6 Å². The standard InChI is InChI=1S/C17H18N2O2S/c1-3-14-10(2)8-15(22-14)17(21)19-12-7-5-4-6-11(12)9-13(19)16(18)20/h4-8,13H,3,9H2,1-2H3,(H2,18,20)/t13-/m0/s1. The van der Waals surface area contributed by atoms with Crippen LogP contribution in [0.4, 0.5) is 5.69 Å². The third-order valence-electron chi connectivity index (χ3n) is 4.08. The first-order chi connectivity index (χ1) is 10.5. The van der Waals surface area contributed by atoms with Crippen LogP contribution in [0.15, 0.2) is 30.3 Å². The van der Waals surface area contributed by atoms with Gasteiger partial charge in [-0.3, -0.25) is 14.5 Å². The maximum absolute atomic E-state index is 12.9. The average Bonchev–Trinajstić information content (AvgIpc) is 3.07. The van der Waals surface area contributed by atoms with Crippen LogP contribution in [0.3, 0.4) is 0 Å². The molecule has 22 heavy (non-hydrogen) atoms. The van der Waals surface area contributed by atoms with Crippen molar-refractivity contribution in [3.63, 3.8) is 0 Å². The minimum atomic E-state index is -0.600. The zero-order valence-corrected chi connectivity index (χ0v) is 13.4. The number of carbonyl (C=O) groups is 2. The van der Waals surface area contributed by atoms with Crippen molar-refractivity contribution in [2.45, 2.75) is 32.7 Å². The summed E-state index contributed by atoms with van der Waals surface area (Å²) in [6.45, 7) is 4.08. The van der Waals surface area contributed by atoms with Gasteiger partial charge in [-0.1, -0.05) is 25.1 Å². The Morgan fingerprint density at radius 1 is 1.36 bits per heavy atom. The summed E-state index contributed by atoms with van der Waals surface area (Å²) in [4.78, 5) is 28.1. The van der Waals surface area contributed by atoms with Gasteiger partial charge in [-0.2, -0.15) is 0 Å². The number of hydrogen-bond acceptors (Lipinski definition) is 3. The smallest absolute Gasteiger partial charge is 0.269 e. The van der Waals surface area contributed by atoms with Gasteiger partial charge in [0.15, 0.2) is 0 Å². The molecule has 5 heteroatoms. The highest BCUT2D eigenvalue weighted by Gasteiger charge is 2.38. The van der Waals surface area contributed by atoms with E-state index in [-0.39, 0.29) is 5.91 Å². The fourth-order valence-electron chi connectivity index (χ4n) is 2.96. The van der Waals surface area contributed by atoms with E-state index < -0.39 is 11.9 Å². The van der Waals surface area contributed by atoms with Crippen LogP contribution in [-0.2, 0) is 17.6 Å². The van der Waals surface area contributed by atoms with Crippen LogP contribution in [0.25, 0.3) is 0 Å². The molecule has 0 radical (unpaired) electrons. The number of anilines is 1. The number of thiophene rings is 1. The number of para-hydroxylation sites is 1. The van der Waals surface area contributed by atoms with Gasteiger partial charge in [0, 0.05) is 17.0 Å². The molecule has 114 valence electrons. The highest BCUT2D eigenvalue weighted by atomic mass is 32.1. The zero-order chi connectivity index (χ0) is 15.9. The molecule has 1 aliphatic heterocycles. The number of primary amides is 1. The molecular weight excluding hydrogens is 296 g/mol. The molecule has 0 unspecified atom stereocenters. The SMILES string of the molecule is CCc1sc(C(=O)N2c3ccccc3C[C@H]2C(N)=O)cc1C. The van der Waals surface area contributed by atoms with Crippen molar-refractivity contribution in [2.24, 2.45) is 5.73 Å². The lowest BCUT2D eigenvalue weighted by Crippen LogP contribution is -2.45. The number of fused-ring (bicyclic) bond motifs is 1. The normalized spacial score (nSPS) is 16.6. The molecule has 2 heterocycles. The van der Waals surface area contributed by atoms with Crippen LogP contribution in [-0.4, -0.2) is 17.9 Å². The molecule has 1 aromatic carbocycles. The van der Waals surface area contributed by atoms with Gasteiger partial charge in [-0.25, -0.2) is 0 Å². The third-order valence-corrected chi connectivity index (χ3v) is 5.45. The molecule has 3 rings (SSSR count). The van der Waals surface area contributed by atoms with Crippen LogP contribution >= 0.6 is 11.3 Å². The van der Waals surface area contributed by atoms with Gasteiger partial charge in [0.25, 0.3) is 5.91 Å². The first-order valence-electron chi connectivity index (χ1n) is 7.33. The molecule has 4 nitrogen and oxygen atoms in total. The lowest BCUT2D eigenvalue weighted by Gasteiger charge is -2.22. The van der Waals surface area contributed by atoms with E-state index in [1.54, 1.807) is 4.90 Å². The van der Waals surface area contributed by atoms with E-state index in [1.165, 1.54) is 16.2 Å². The van der Waals surface area contributed by atoms with Gasteiger partial charge in [0.05, 0.1) is 4.88 Å². The molecule has 1 aromatic heterocycles. The third kappa shape index (κ3) is 2.31. The number of hydrogen-bond donors (Lipinski definition) is 1. The summed E-state index contributed by atoms with van der Waals surface area (Å²) >= 11 is 1.50. The van der Waals surface area contributed by atoms with E-state index in [2.05, 4.69) is 6.92 Å². The highest BCUT2D eigenvalue weighted by Crippen LogP contribution is 2.35. The minimum Gasteiger partial charge on any atom is -0.368 e. The monoisotopic (exact) mass is 314 g/mol. The van der Waals surface area contributed by atoms with Crippen molar-refractivity contribution in [1.82, 2.24) is 0 Å². The maximum atomic E-state index is 12.9. The largest absolute Gasteiger partial charge is 0.368 e. The quantitative estimate of drug-likeness (QED) is 0.946. The number of nitrogens with zero attached hydrogens (tertiary/aromatic N) is 1. The molecule has 2 amide bonds. The second kappa shape index (κ2) is 5.57. The van der Waals surface area contributed by atoms with Crippen molar-refractivity contribution >= 4 is 28.8 Å². The van der Waals surface area contributed by atoms with E-state index in [9.17, 15) is 9.59 Å². The maximum Gasteiger partial charge on any atom is 0.269 e. The van der Waals surface area contributed by atoms with Crippen molar-refractivity contribution in [1.29, 1.82) is 0 Å². The summed E-state index contributed by atoms with van der Waals surface area (Å²) in [5.74, 6) is -0.602. The minimum absolute atomic E-state index is 0.137. The van der Waals surface area contributed by atoms with Crippen LogP contribution in [0.1, 0.15) is 32.6 Å². The number of aryl methyl sites for hydroxylation is 2. The summed E-state index contributed by atoms with van der Waals surface area (Å²) in [5.41, 5.74) is 8.42. The molecule has 0 spiro atoms. The molecule has 2 N–H and O–H groups in total. The summed E-state index contributed by atoms with van der Waals surface area (Å²) in [6.07, 6.45) is 1.39. The van der Waals surface area contributed by atoms with Gasteiger partial charge in [-0.15, -0.1) is 11.3 Å². The highest BCUT2D eigenvalue weighted by molar-refractivity contribution is 7.14. The molecule has 0 saturated heterocycles. The average molecular weight is 314 g/mol. The van der Waals surface area contributed by atoms with E-state index in [1.807, 2.05) is 37.3 Å². The number of rotatable bonds is 3. The van der Waals surface area contributed by atoms with Crippen molar-refractivity contribution in [2.75, 3.05) is 4.90 Å². The fraction of sp³-hybridized carbons (Fsp3) is 0.294. The Balaban J connectivity index is 2.03. The second-order valence-corrected chi connectivity index (χ2v) is 6.63. The first-order valence-corrected chi connectivity index (χ1v) is 8.14. The Hall–Kier alpha value is -2.14. The lowest BCUT2D eigenvalue weighted by atomic mass is 10.1. The van der Waals surface area contributed by atoms with Crippen molar-refractivity contribution in [3.05, 3.63) is 51.2 Å². The summed E-state index contributed by atoms with van der Waals surface area (Å²) in [5, 5.41) is 0. The molecule has 2 aromatic rings. The van der Waals surface area contributed by atoms with Gasteiger partial charge in [0.2, 0.25) is 5.91 Å². The Kier molecular flexibility index (Phi) is 3.74. The predicted octanol–water partition coefficient (Wildman–Crippen LogP) is 2.68. The summed E-state index contributed by atoms with van der Waals surface area (Å²) in [6, 6.07) is 8.91. The van der Waals surface area contributed by atoms with E-state index >= 15 is 0 Å². The predicted molar refractivity (Wildman–Crippen MR) is 88.4 cm³/mol. The topological polar surface area (TPSA) is 63.4 Å². The second-order valence-electron chi connectivity index (χ2n) is 5.50. The van der Waals surface area contributed by atoms with Gasteiger partial charge in [0.1, 0.15) is 6.04 Å². The number of amides is 2. The fourth-order valence-corrected chi connectivity index (χ4v) is 4.01. The van der Waals surface area contributed by atoms with Gasteiger partial charge < -0.3 is 5.73 Å².